The van der Waals surface area contributed by atoms with Gasteiger partial charge in [-0.15, -0.1) is 0 Å². The number of amides is 1. The molecular formula is C25H30N2O2. The quantitative estimate of drug-likeness (QED) is 0.863. The lowest BCUT2D eigenvalue weighted by molar-refractivity contribution is -0.0642. The number of phenolic OH excluding ortho intramolecular Hbond substituents is 1. The normalized spacial score (nSPS) is 29.3. The van der Waals surface area contributed by atoms with Gasteiger partial charge in [0.25, 0.3) is 5.91 Å². The number of likely N-dealkylation sites (tertiary alicyclic amines) is 1. The Morgan fingerprint density at radius 2 is 1.83 bits per heavy atom. The van der Waals surface area contributed by atoms with Crippen LogP contribution in [0.2, 0.25) is 0 Å². The van der Waals surface area contributed by atoms with Gasteiger partial charge in [0, 0.05) is 30.7 Å². The number of phenols is 1. The number of carbonyl (C=O) groups excluding carboxylic acids is 1. The molecule has 1 amide bonds. The molecule has 1 N–H and O–H groups in total. The van der Waals surface area contributed by atoms with Crippen LogP contribution < -0.4 is 0 Å². The molecule has 0 saturated carbocycles. The van der Waals surface area contributed by atoms with E-state index < -0.39 is 0 Å². The molecule has 3 saturated heterocycles. The Labute approximate surface area is 173 Å². The fraction of sp³-hybridized carbons (Fsp3) is 0.480. The van der Waals surface area contributed by atoms with Gasteiger partial charge in [-0.25, -0.2) is 0 Å². The monoisotopic (exact) mass is 390 g/mol. The summed E-state index contributed by atoms with van der Waals surface area (Å²) in [6.45, 7) is 2.88. The van der Waals surface area contributed by atoms with Gasteiger partial charge in [-0.05, 0) is 67.8 Å². The minimum Gasteiger partial charge on any atom is -0.508 e. The van der Waals surface area contributed by atoms with E-state index in [2.05, 4.69) is 40.1 Å². The number of carbonyl (C=O) groups is 1. The highest BCUT2D eigenvalue weighted by Crippen LogP contribution is 2.42. The minimum atomic E-state index is 0.0679. The van der Waals surface area contributed by atoms with Crippen molar-refractivity contribution < 1.29 is 9.90 Å². The lowest BCUT2D eigenvalue weighted by Gasteiger charge is -2.57. The van der Waals surface area contributed by atoms with Gasteiger partial charge in [0.05, 0.1) is 0 Å². The smallest absolute Gasteiger partial charge is 0.254 e. The van der Waals surface area contributed by atoms with Crippen LogP contribution in [-0.2, 0) is 6.42 Å². The highest BCUT2D eigenvalue weighted by molar-refractivity contribution is 5.94. The van der Waals surface area contributed by atoms with Crippen molar-refractivity contribution in [2.24, 2.45) is 11.8 Å². The molecule has 2 bridgehead atoms. The van der Waals surface area contributed by atoms with E-state index in [0.717, 1.165) is 19.5 Å². The van der Waals surface area contributed by atoms with Gasteiger partial charge in [-0.2, -0.15) is 0 Å². The molecule has 3 aliphatic rings. The fourth-order valence-electron chi connectivity index (χ4n) is 6.03. The number of aromatic hydroxyl groups is 1. The Balaban J connectivity index is 1.41. The highest BCUT2D eigenvalue weighted by atomic mass is 16.3. The summed E-state index contributed by atoms with van der Waals surface area (Å²) in [5, 5.41) is 9.80. The van der Waals surface area contributed by atoms with Crippen LogP contribution in [-0.4, -0.2) is 52.5 Å². The molecular weight excluding hydrogens is 360 g/mol. The van der Waals surface area contributed by atoms with E-state index in [9.17, 15) is 9.90 Å². The Morgan fingerprint density at radius 3 is 2.66 bits per heavy atom. The second-order valence-corrected chi connectivity index (χ2v) is 9.07. The third-order valence-corrected chi connectivity index (χ3v) is 7.29. The van der Waals surface area contributed by atoms with E-state index in [4.69, 9.17) is 0 Å². The van der Waals surface area contributed by atoms with Gasteiger partial charge in [-0.1, -0.05) is 42.8 Å². The van der Waals surface area contributed by atoms with E-state index >= 15 is 0 Å². The Bertz CT molecular complexity index is 868. The van der Waals surface area contributed by atoms with Gasteiger partial charge in [0.1, 0.15) is 5.75 Å². The molecule has 0 aliphatic carbocycles. The Morgan fingerprint density at radius 1 is 1.00 bits per heavy atom. The number of nitrogens with zero attached hydrogens (tertiary/aromatic N) is 2. The Kier molecular flexibility index (Phi) is 5.04. The van der Waals surface area contributed by atoms with E-state index in [1.165, 1.54) is 37.8 Å². The van der Waals surface area contributed by atoms with Crippen LogP contribution in [0.25, 0.3) is 0 Å². The standard InChI is InChI=1S/C25H30N2O2/c28-22-10-6-9-19(15-22)25(29)26-16-20-14-21(17-26)24(13-18-7-2-1-3-8-18)27-12-5-4-11-23(20)27/h1-3,6-10,15,20-21,23-24,28H,4-5,11-14,16-17H2/t20-,21+,23+,24+/m1/s1. The third kappa shape index (κ3) is 3.66. The van der Waals surface area contributed by atoms with Gasteiger partial charge < -0.3 is 10.0 Å². The zero-order chi connectivity index (χ0) is 19.8. The molecule has 2 aromatic carbocycles. The van der Waals surface area contributed by atoms with Crippen molar-refractivity contribution in [2.45, 2.75) is 44.2 Å². The maximum absolute atomic E-state index is 13.2. The zero-order valence-corrected chi connectivity index (χ0v) is 16.9. The van der Waals surface area contributed by atoms with Crippen molar-refractivity contribution in [3.05, 3.63) is 65.7 Å². The van der Waals surface area contributed by atoms with Crippen LogP contribution in [0.4, 0.5) is 0 Å². The molecule has 29 heavy (non-hydrogen) atoms. The molecule has 2 aromatic rings. The highest BCUT2D eigenvalue weighted by Gasteiger charge is 2.47. The van der Waals surface area contributed by atoms with Gasteiger partial charge >= 0.3 is 0 Å². The zero-order valence-electron chi connectivity index (χ0n) is 16.9. The summed E-state index contributed by atoms with van der Waals surface area (Å²) in [6, 6.07) is 18.7. The van der Waals surface area contributed by atoms with Crippen LogP contribution in [0, 0.1) is 11.8 Å². The number of rotatable bonds is 3. The molecule has 3 aliphatic heterocycles. The molecule has 4 heteroatoms. The first-order valence-electron chi connectivity index (χ1n) is 11.1. The first kappa shape index (κ1) is 18.7. The van der Waals surface area contributed by atoms with Crippen molar-refractivity contribution in [1.29, 1.82) is 0 Å². The molecule has 0 radical (unpaired) electrons. The SMILES string of the molecule is O=C(c1cccc(O)c1)N1C[C@H]2C[C@@H](C1)[C@H](Cc1ccccc1)N1CCCC[C@@H]21. The summed E-state index contributed by atoms with van der Waals surface area (Å²) in [6.07, 6.45) is 6.18. The number of piperidine rings is 3. The summed E-state index contributed by atoms with van der Waals surface area (Å²) < 4.78 is 0. The molecule has 0 aromatic heterocycles. The van der Waals surface area contributed by atoms with Crippen LogP contribution in [0.15, 0.2) is 54.6 Å². The van der Waals surface area contributed by atoms with Crippen LogP contribution >= 0.6 is 0 Å². The van der Waals surface area contributed by atoms with E-state index in [-0.39, 0.29) is 11.7 Å². The van der Waals surface area contributed by atoms with Crippen molar-refractivity contribution >= 4 is 5.91 Å². The molecule has 0 unspecified atom stereocenters. The van der Waals surface area contributed by atoms with Crippen molar-refractivity contribution in [2.75, 3.05) is 19.6 Å². The number of hydrogen-bond donors (Lipinski definition) is 1. The van der Waals surface area contributed by atoms with Crippen molar-refractivity contribution in [3.63, 3.8) is 0 Å². The summed E-state index contributed by atoms with van der Waals surface area (Å²) in [5.41, 5.74) is 2.00. The molecule has 3 fully saturated rings. The topological polar surface area (TPSA) is 43.8 Å². The molecule has 4 atom stereocenters. The summed E-state index contributed by atoms with van der Waals surface area (Å²) >= 11 is 0. The summed E-state index contributed by atoms with van der Waals surface area (Å²) in [5.74, 6) is 1.32. The summed E-state index contributed by atoms with van der Waals surface area (Å²) in [4.78, 5) is 18.1. The second kappa shape index (κ2) is 7.83. The van der Waals surface area contributed by atoms with E-state index in [1.807, 2.05) is 6.07 Å². The minimum absolute atomic E-state index is 0.0679. The molecule has 4 nitrogen and oxygen atoms in total. The lowest BCUT2D eigenvalue weighted by Crippen LogP contribution is -2.64. The number of benzene rings is 2. The van der Waals surface area contributed by atoms with Gasteiger partial charge in [0.15, 0.2) is 0 Å². The predicted molar refractivity (Wildman–Crippen MR) is 114 cm³/mol. The molecule has 152 valence electrons. The number of hydrogen-bond acceptors (Lipinski definition) is 3. The van der Waals surface area contributed by atoms with E-state index in [1.54, 1.807) is 18.2 Å². The predicted octanol–water partition coefficient (Wildman–Crippen LogP) is 3.95. The molecule has 3 heterocycles. The first-order valence-corrected chi connectivity index (χ1v) is 11.1. The van der Waals surface area contributed by atoms with Crippen molar-refractivity contribution in [1.82, 2.24) is 9.80 Å². The van der Waals surface area contributed by atoms with Gasteiger partial charge in [-0.3, -0.25) is 9.69 Å². The molecule has 0 spiro atoms. The largest absolute Gasteiger partial charge is 0.508 e. The average Bonchev–Trinajstić information content (AvgIpc) is 2.77. The van der Waals surface area contributed by atoms with Gasteiger partial charge in [0.2, 0.25) is 0 Å². The fourth-order valence-corrected chi connectivity index (χ4v) is 6.03. The lowest BCUT2D eigenvalue weighted by atomic mass is 9.71. The summed E-state index contributed by atoms with van der Waals surface area (Å²) in [7, 11) is 0. The average molecular weight is 391 g/mol. The first-order chi connectivity index (χ1) is 14.2. The second-order valence-electron chi connectivity index (χ2n) is 9.07. The van der Waals surface area contributed by atoms with E-state index in [0.29, 0.717) is 29.5 Å². The van der Waals surface area contributed by atoms with Crippen LogP contribution in [0.5, 0.6) is 5.75 Å². The number of fused-ring (bicyclic) bond motifs is 4. The third-order valence-electron chi connectivity index (χ3n) is 7.29. The van der Waals surface area contributed by atoms with Crippen LogP contribution in [0.3, 0.4) is 0 Å². The molecule has 5 rings (SSSR count). The van der Waals surface area contributed by atoms with Crippen LogP contribution in [0.1, 0.15) is 41.6 Å². The maximum atomic E-state index is 13.2. The maximum Gasteiger partial charge on any atom is 0.254 e. The van der Waals surface area contributed by atoms with Crippen molar-refractivity contribution in [3.8, 4) is 5.75 Å². The Hall–Kier alpha value is -2.33.